The predicted octanol–water partition coefficient (Wildman–Crippen LogP) is 2.02. The van der Waals surface area contributed by atoms with E-state index in [0.717, 1.165) is 6.54 Å². The SMILES string of the molecule is Cc1ncc(CN2CCC(NC(C)C)C2)s1. The van der Waals surface area contributed by atoms with Crippen LogP contribution in [0, 0.1) is 6.92 Å². The van der Waals surface area contributed by atoms with Gasteiger partial charge in [-0.3, -0.25) is 4.90 Å². The highest BCUT2D eigenvalue weighted by Crippen LogP contribution is 2.18. The van der Waals surface area contributed by atoms with Gasteiger partial charge in [-0.25, -0.2) is 4.98 Å². The van der Waals surface area contributed by atoms with Crippen molar-refractivity contribution in [1.82, 2.24) is 15.2 Å². The lowest BCUT2D eigenvalue weighted by atomic mass is 10.2. The second-order valence-corrected chi connectivity index (χ2v) is 6.21. The monoisotopic (exact) mass is 239 g/mol. The van der Waals surface area contributed by atoms with Gasteiger partial charge in [0, 0.05) is 42.8 Å². The summed E-state index contributed by atoms with van der Waals surface area (Å²) in [5.41, 5.74) is 0. The van der Waals surface area contributed by atoms with E-state index >= 15 is 0 Å². The molecule has 1 unspecified atom stereocenters. The Morgan fingerprint density at radius 2 is 2.44 bits per heavy atom. The zero-order valence-corrected chi connectivity index (χ0v) is 11.2. The maximum atomic E-state index is 4.30. The largest absolute Gasteiger partial charge is 0.310 e. The lowest BCUT2D eigenvalue weighted by Gasteiger charge is -2.17. The lowest BCUT2D eigenvalue weighted by Crippen LogP contribution is -2.36. The molecule has 1 N–H and O–H groups in total. The van der Waals surface area contributed by atoms with Crippen molar-refractivity contribution in [3.8, 4) is 0 Å². The van der Waals surface area contributed by atoms with Crippen LogP contribution in [0.15, 0.2) is 6.20 Å². The summed E-state index contributed by atoms with van der Waals surface area (Å²) >= 11 is 1.82. The van der Waals surface area contributed by atoms with Gasteiger partial charge >= 0.3 is 0 Å². The van der Waals surface area contributed by atoms with Gasteiger partial charge in [-0.15, -0.1) is 11.3 Å². The number of rotatable bonds is 4. The Morgan fingerprint density at radius 1 is 1.62 bits per heavy atom. The molecule has 16 heavy (non-hydrogen) atoms. The predicted molar refractivity (Wildman–Crippen MR) is 68.8 cm³/mol. The van der Waals surface area contributed by atoms with Crippen molar-refractivity contribution in [1.29, 1.82) is 0 Å². The zero-order chi connectivity index (χ0) is 11.5. The van der Waals surface area contributed by atoms with Gasteiger partial charge in [-0.1, -0.05) is 13.8 Å². The van der Waals surface area contributed by atoms with Gasteiger partial charge in [0.2, 0.25) is 0 Å². The number of nitrogens with one attached hydrogen (secondary N) is 1. The third-order valence-electron chi connectivity index (χ3n) is 2.89. The summed E-state index contributed by atoms with van der Waals surface area (Å²) in [5, 5.41) is 4.78. The smallest absolute Gasteiger partial charge is 0.0897 e. The van der Waals surface area contributed by atoms with E-state index in [9.17, 15) is 0 Å². The van der Waals surface area contributed by atoms with E-state index in [0.29, 0.717) is 12.1 Å². The molecule has 0 bridgehead atoms. The van der Waals surface area contributed by atoms with Crippen LogP contribution < -0.4 is 5.32 Å². The fraction of sp³-hybridized carbons (Fsp3) is 0.750. The highest BCUT2D eigenvalue weighted by Gasteiger charge is 2.22. The van der Waals surface area contributed by atoms with Crippen LogP contribution in [0.25, 0.3) is 0 Å². The zero-order valence-electron chi connectivity index (χ0n) is 10.4. The summed E-state index contributed by atoms with van der Waals surface area (Å²) in [6.07, 6.45) is 3.29. The Hall–Kier alpha value is -0.450. The molecule has 1 aromatic rings. The number of likely N-dealkylation sites (tertiary alicyclic amines) is 1. The third-order valence-corrected chi connectivity index (χ3v) is 3.79. The minimum Gasteiger partial charge on any atom is -0.310 e. The second-order valence-electron chi connectivity index (χ2n) is 4.89. The third kappa shape index (κ3) is 3.27. The van der Waals surface area contributed by atoms with E-state index in [1.807, 2.05) is 17.5 Å². The molecule has 0 radical (unpaired) electrons. The van der Waals surface area contributed by atoms with Gasteiger partial charge in [0.25, 0.3) is 0 Å². The fourth-order valence-electron chi connectivity index (χ4n) is 2.28. The van der Waals surface area contributed by atoms with Gasteiger partial charge in [0.05, 0.1) is 5.01 Å². The minimum atomic E-state index is 0.593. The Bertz CT molecular complexity index is 335. The molecule has 0 amide bonds. The maximum Gasteiger partial charge on any atom is 0.0897 e. The molecule has 1 aliphatic rings. The average Bonchev–Trinajstić information content (AvgIpc) is 2.76. The van der Waals surface area contributed by atoms with Crippen molar-refractivity contribution in [2.75, 3.05) is 13.1 Å². The van der Waals surface area contributed by atoms with Crippen LogP contribution in [0.5, 0.6) is 0 Å². The maximum absolute atomic E-state index is 4.30. The highest BCUT2D eigenvalue weighted by molar-refractivity contribution is 7.11. The molecule has 1 aromatic heterocycles. The number of hydrogen-bond acceptors (Lipinski definition) is 4. The summed E-state index contributed by atoms with van der Waals surface area (Å²) in [5.74, 6) is 0. The summed E-state index contributed by atoms with van der Waals surface area (Å²) in [6, 6.07) is 1.27. The Morgan fingerprint density at radius 3 is 3.06 bits per heavy atom. The summed E-state index contributed by atoms with van der Waals surface area (Å²) in [4.78, 5) is 8.21. The van der Waals surface area contributed by atoms with Gasteiger partial charge in [0.1, 0.15) is 0 Å². The Kier molecular flexibility index (Phi) is 3.95. The summed E-state index contributed by atoms with van der Waals surface area (Å²) < 4.78 is 0. The molecule has 1 fully saturated rings. The van der Waals surface area contributed by atoms with Crippen LogP contribution in [0.2, 0.25) is 0 Å². The quantitative estimate of drug-likeness (QED) is 0.871. The van der Waals surface area contributed by atoms with Crippen molar-refractivity contribution in [3.05, 3.63) is 16.1 Å². The summed E-state index contributed by atoms with van der Waals surface area (Å²) in [7, 11) is 0. The van der Waals surface area contributed by atoms with Gasteiger partial charge in [-0.2, -0.15) is 0 Å². The second kappa shape index (κ2) is 5.25. The molecule has 2 rings (SSSR count). The first-order chi connectivity index (χ1) is 7.63. The molecule has 3 nitrogen and oxygen atoms in total. The normalized spacial score (nSPS) is 22.1. The molecule has 4 heteroatoms. The number of aromatic nitrogens is 1. The van der Waals surface area contributed by atoms with E-state index in [-0.39, 0.29) is 0 Å². The van der Waals surface area contributed by atoms with Crippen LogP contribution in [-0.2, 0) is 6.54 Å². The average molecular weight is 239 g/mol. The standard InChI is InChI=1S/C12H21N3S/c1-9(2)14-11-4-5-15(7-11)8-12-6-13-10(3)16-12/h6,9,11,14H,4-5,7-8H2,1-3H3. The molecule has 2 heterocycles. The van der Waals surface area contributed by atoms with Crippen molar-refractivity contribution in [2.45, 2.75) is 45.8 Å². The fourth-order valence-corrected chi connectivity index (χ4v) is 3.12. The Balaban J connectivity index is 1.80. The van der Waals surface area contributed by atoms with E-state index in [4.69, 9.17) is 0 Å². The first kappa shape index (κ1) is 12.0. The molecule has 0 spiro atoms. The molecular formula is C12H21N3S. The number of aryl methyl sites for hydroxylation is 1. The molecule has 1 atom stereocenters. The number of thiazole rings is 1. The topological polar surface area (TPSA) is 28.2 Å². The minimum absolute atomic E-state index is 0.593. The van der Waals surface area contributed by atoms with Crippen LogP contribution >= 0.6 is 11.3 Å². The first-order valence-corrected chi connectivity index (χ1v) is 6.85. The molecule has 0 aliphatic carbocycles. The molecule has 90 valence electrons. The van der Waals surface area contributed by atoms with Crippen molar-refractivity contribution in [2.24, 2.45) is 0 Å². The van der Waals surface area contributed by atoms with Crippen LogP contribution in [0.1, 0.15) is 30.2 Å². The molecule has 1 saturated heterocycles. The summed E-state index contributed by atoms with van der Waals surface area (Å²) in [6.45, 7) is 9.96. The molecule has 0 aromatic carbocycles. The number of nitrogens with zero attached hydrogens (tertiary/aromatic N) is 2. The van der Waals surface area contributed by atoms with Crippen molar-refractivity contribution in [3.63, 3.8) is 0 Å². The van der Waals surface area contributed by atoms with Crippen molar-refractivity contribution >= 4 is 11.3 Å². The highest BCUT2D eigenvalue weighted by atomic mass is 32.1. The first-order valence-electron chi connectivity index (χ1n) is 6.03. The van der Waals surface area contributed by atoms with E-state index in [1.165, 1.54) is 29.4 Å². The van der Waals surface area contributed by atoms with Gasteiger partial charge in [0.15, 0.2) is 0 Å². The van der Waals surface area contributed by atoms with Gasteiger partial charge in [-0.05, 0) is 13.3 Å². The van der Waals surface area contributed by atoms with E-state index in [2.05, 4.69) is 36.0 Å². The van der Waals surface area contributed by atoms with Crippen molar-refractivity contribution < 1.29 is 0 Å². The van der Waals surface area contributed by atoms with Crippen LogP contribution in [0.4, 0.5) is 0 Å². The van der Waals surface area contributed by atoms with E-state index < -0.39 is 0 Å². The lowest BCUT2D eigenvalue weighted by molar-refractivity contribution is 0.319. The molecular weight excluding hydrogens is 218 g/mol. The molecule has 1 aliphatic heterocycles. The number of hydrogen-bond donors (Lipinski definition) is 1. The molecule has 0 saturated carbocycles. The van der Waals surface area contributed by atoms with Crippen LogP contribution in [0.3, 0.4) is 0 Å². The Labute approximate surface area is 102 Å². The van der Waals surface area contributed by atoms with Gasteiger partial charge < -0.3 is 5.32 Å². The van der Waals surface area contributed by atoms with Crippen LogP contribution in [-0.4, -0.2) is 35.1 Å². The van der Waals surface area contributed by atoms with E-state index in [1.54, 1.807) is 0 Å².